The van der Waals surface area contributed by atoms with Gasteiger partial charge in [-0.1, -0.05) is 23.7 Å². The lowest BCUT2D eigenvalue weighted by atomic mass is 10.2. The molecule has 0 spiro atoms. The van der Waals surface area contributed by atoms with Crippen LogP contribution in [0.3, 0.4) is 0 Å². The zero-order chi connectivity index (χ0) is 13.6. The first-order valence-corrected chi connectivity index (χ1v) is 5.93. The highest BCUT2D eigenvalue weighted by Gasteiger charge is 2.22. The molecule has 98 valence electrons. The summed E-state index contributed by atoms with van der Waals surface area (Å²) < 4.78 is 27.6. The Hall–Kier alpha value is -1.95. The zero-order valence-electron chi connectivity index (χ0n) is 9.86. The van der Waals surface area contributed by atoms with Crippen molar-refractivity contribution in [3.8, 4) is 5.82 Å². The monoisotopic (exact) mass is 282 g/mol. The van der Waals surface area contributed by atoms with Gasteiger partial charge < -0.3 is 0 Å². The number of aryl methyl sites for hydroxylation is 1. The summed E-state index contributed by atoms with van der Waals surface area (Å²) in [6.45, 7) is 1.83. The van der Waals surface area contributed by atoms with E-state index in [1.165, 1.54) is 10.6 Å². The largest absolute Gasteiger partial charge is 0.296 e. The second kappa shape index (κ2) is 4.31. The SMILES string of the molecule is Cc1cccc2c1nc(C(F)F)n2-c1cc(Cl)[nH]n1. The molecule has 4 nitrogen and oxygen atoms in total. The second-order valence-corrected chi connectivity index (χ2v) is 4.53. The molecule has 0 unspecified atom stereocenters. The summed E-state index contributed by atoms with van der Waals surface area (Å²) in [6, 6.07) is 6.83. The van der Waals surface area contributed by atoms with Gasteiger partial charge in [-0.15, -0.1) is 0 Å². The molecule has 0 atom stereocenters. The van der Waals surface area contributed by atoms with Crippen molar-refractivity contribution < 1.29 is 8.78 Å². The number of aromatic amines is 1. The van der Waals surface area contributed by atoms with E-state index in [9.17, 15) is 8.78 Å². The fourth-order valence-electron chi connectivity index (χ4n) is 2.05. The lowest BCUT2D eigenvalue weighted by Gasteiger charge is -2.04. The van der Waals surface area contributed by atoms with E-state index in [0.717, 1.165) is 5.56 Å². The maximum absolute atomic E-state index is 13.1. The van der Waals surface area contributed by atoms with Crippen molar-refractivity contribution in [2.24, 2.45) is 0 Å². The number of benzene rings is 1. The van der Waals surface area contributed by atoms with Crippen LogP contribution in [0.5, 0.6) is 0 Å². The smallest absolute Gasteiger partial charge is 0.274 e. The first-order chi connectivity index (χ1) is 9.08. The molecule has 0 aliphatic rings. The maximum atomic E-state index is 13.1. The van der Waals surface area contributed by atoms with E-state index in [4.69, 9.17) is 11.6 Å². The Balaban J connectivity index is 2.37. The lowest BCUT2D eigenvalue weighted by molar-refractivity contribution is 0.139. The van der Waals surface area contributed by atoms with Crippen LogP contribution in [-0.4, -0.2) is 19.7 Å². The van der Waals surface area contributed by atoms with Crippen LogP contribution < -0.4 is 0 Å². The van der Waals surface area contributed by atoms with E-state index in [2.05, 4.69) is 15.2 Å². The van der Waals surface area contributed by atoms with Gasteiger partial charge >= 0.3 is 0 Å². The van der Waals surface area contributed by atoms with Crippen molar-refractivity contribution in [3.63, 3.8) is 0 Å². The Labute approximate surface area is 112 Å². The average molecular weight is 283 g/mol. The number of halogens is 3. The Morgan fingerprint density at radius 2 is 2.16 bits per heavy atom. The number of rotatable bonds is 2. The fourth-order valence-corrected chi connectivity index (χ4v) is 2.19. The molecule has 2 heterocycles. The molecular weight excluding hydrogens is 274 g/mol. The van der Waals surface area contributed by atoms with Gasteiger partial charge in [-0.25, -0.2) is 13.8 Å². The minimum absolute atomic E-state index is 0.282. The van der Waals surface area contributed by atoms with Crippen LogP contribution in [-0.2, 0) is 0 Å². The topological polar surface area (TPSA) is 46.5 Å². The highest BCUT2D eigenvalue weighted by atomic mass is 35.5. The number of H-pyrrole nitrogens is 1. The number of hydrogen-bond acceptors (Lipinski definition) is 2. The molecule has 0 aliphatic heterocycles. The molecule has 0 saturated carbocycles. The predicted molar refractivity (Wildman–Crippen MR) is 67.9 cm³/mol. The normalized spacial score (nSPS) is 11.6. The predicted octanol–water partition coefficient (Wildman–Crippen LogP) is 3.65. The molecule has 0 bridgehead atoms. The van der Waals surface area contributed by atoms with E-state index >= 15 is 0 Å². The molecular formula is C12H9ClF2N4. The highest BCUT2D eigenvalue weighted by Crippen LogP contribution is 2.29. The Kier molecular flexibility index (Phi) is 2.74. The molecule has 0 fully saturated rings. The number of para-hydroxylation sites is 1. The number of aromatic nitrogens is 4. The summed E-state index contributed by atoms with van der Waals surface area (Å²) in [4.78, 5) is 4.01. The van der Waals surface area contributed by atoms with Gasteiger partial charge in [0.25, 0.3) is 6.43 Å². The Morgan fingerprint density at radius 3 is 2.79 bits per heavy atom. The van der Waals surface area contributed by atoms with Gasteiger partial charge in [-0.05, 0) is 18.6 Å². The van der Waals surface area contributed by atoms with Crippen LogP contribution in [0.2, 0.25) is 5.15 Å². The molecule has 1 N–H and O–H groups in total. The number of alkyl halides is 2. The maximum Gasteiger partial charge on any atom is 0.296 e. The van der Waals surface area contributed by atoms with Gasteiger partial charge in [0.15, 0.2) is 11.6 Å². The van der Waals surface area contributed by atoms with Crippen molar-refractivity contribution in [1.82, 2.24) is 19.7 Å². The van der Waals surface area contributed by atoms with Crippen molar-refractivity contribution in [1.29, 1.82) is 0 Å². The first-order valence-electron chi connectivity index (χ1n) is 5.55. The third kappa shape index (κ3) is 1.88. The standard InChI is InChI=1S/C12H9ClF2N4/c1-6-3-2-4-7-10(6)16-12(11(14)15)19(7)9-5-8(13)17-18-9/h2-5,11H,1H3,(H,17,18). The molecule has 0 saturated heterocycles. The summed E-state index contributed by atoms with van der Waals surface area (Å²) in [7, 11) is 0. The minimum Gasteiger partial charge on any atom is -0.274 e. The molecule has 3 rings (SSSR count). The number of imidazole rings is 1. The fraction of sp³-hybridized carbons (Fsp3) is 0.167. The van der Waals surface area contributed by atoms with E-state index in [0.29, 0.717) is 16.9 Å². The molecule has 0 aliphatic carbocycles. The van der Waals surface area contributed by atoms with E-state index in [1.54, 1.807) is 12.1 Å². The van der Waals surface area contributed by atoms with E-state index in [1.807, 2.05) is 13.0 Å². The van der Waals surface area contributed by atoms with Crippen LogP contribution in [0, 0.1) is 6.92 Å². The molecule has 19 heavy (non-hydrogen) atoms. The van der Waals surface area contributed by atoms with Crippen LogP contribution in [0.1, 0.15) is 17.8 Å². The van der Waals surface area contributed by atoms with Crippen molar-refractivity contribution in [2.75, 3.05) is 0 Å². The number of nitrogens with zero attached hydrogens (tertiary/aromatic N) is 3. The average Bonchev–Trinajstić information content (AvgIpc) is 2.93. The van der Waals surface area contributed by atoms with Crippen LogP contribution >= 0.6 is 11.6 Å². The zero-order valence-corrected chi connectivity index (χ0v) is 10.6. The number of fused-ring (bicyclic) bond motifs is 1. The molecule has 7 heteroatoms. The van der Waals surface area contributed by atoms with E-state index < -0.39 is 6.43 Å². The molecule has 1 aromatic carbocycles. The summed E-state index contributed by atoms with van der Waals surface area (Å²) in [5, 5.41) is 6.72. The van der Waals surface area contributed by atoms with Crippen LogP contribution in [0.15, 0.2) is 24.3 Å². The van der Waals surface area contributed by atoms with Crippen LogP contribution in [0.25, 0.3) is 16.9 Å². The van der Waals surface area contributed by atoms with Gasteiger partial charge in [-0.3, -0.25) is 9.67 Å². The van der Waals surface area contributed by atoms with E-state index in [-0.39, 0.29) is 11.0 Å². The Morgan fingerprint density at radius 1 is 1.37 bits per heavy atom. The molecule has 3 aromatic rings. The highest BCUT2D eigenvalue weighted by molar-refractivity contribution is 6.29. The third-order valence-electron chi connectivity index (χ3n) is 2.87. The number of nitrogens with one attached hydrogen (secondary N) is 1. The molecule has 2 aromatic heterocycles. The van der Waals surface area contributed by atoms with Gasteiger partial charge in [0.2, 0.25) is 0 Å². The summed E-state index contributed by atoms with van der Waals surface area (Å²) in [5.74, 6) is -0.0409. The quantitative estimate of drug-likeness (QED) is 0.780. The van der Waals surface area contributed by atoms with Crippen molar-refractivity contribution in [2.45, 2.75) is 13.3 Å². The Bertz CT molecular complexity index is 747. The lowest BCUT2D eigenvalue weighted by Crippen LogP contribution is -2.02. The van der Waals surface area contributed by atoms with Gasteiger partial charge in [0, 0.05) is 6.07 Å². The van der Waals surface area contributed by atoms with Crippen molar-refractivity contribution >= 4 is 22.6 Å². The first kappa shape index (κ1) is 12.1. The van der Waals surface area contributed by atoms with Crippen LogP contribution in [0.4, 0.5) is 8.78 Å². The summed E-state index contributed by atoms with van der Waals surface area (Å²) >= 11 is 5.75. The van der Waals surface area contributed by atoms with Gasteiger partial charge in [0.05, 0.1) is 11.0 Å². The third-order valence-corrected chi connectivity index (χ3v) is 3.06. The molecule has 0 radical (unpaired) electrons. The minimum atomic E-state index is -2.69. The summed E-state index contributed by atoms with van der Waals surface area (Å²) in [5.41, 5.74) is 1.95. The van der Waals surface area contributed by atoms with Crippen molar-refractivity contribution in [3.05, 3.63) is 40.8 Å². The molecule has 0 amide bonds. The van der Waals surface area contributed by atoms with Gasteiger partial charge in [-0.2, -0.15) is 5.10 Å². The summed E-state index contributed by atoms with van der Waals surface area (Å²) in [6.07, 6.45) is -2.69. The number of hydrogen-bond donors (Lipinski definition) is 1. The second-order valence-electron chi connectivity index (χ2n) is 4.12. The van der Waals surface area contributed by atoms with Gasteiger partial charge in [0.1, 0.15) is 5.15 Å².